The molecule has 1 aliphatic heterocycles. The van der Waals surface area contributed by atoms with Crippen LogP contribution >= 0.6 is 0 Å². The molecule has 1 saturated heterocycles. The molecule has 9 atom stereocenters. The van der Waals surface area contributed by atoms with E-state index in [9.17, 15) is 24.9 Å². The van der Waals surface area contributed by atoms with Gasteiger partial charge in [-0.1, -0.05) is 57.6 Å². The molecule has 7 heteroatoms. The molecule has 0 aromatic rings. The van der Waals surface area contributed by atoms with Gasteiger partial charge in [-0.15, -0.1) is 0 Å². The molecule has 0 spiro atoms. The van der Waals surface area contributed by atoms with E-state index in [1.807, 2.05) is 13.0 Å². The number of epoxide rings is 1. The Balaban J connectivity index is 2.59. The molecule has 1 heterocycles. The van der Waals surface area contributed by atoms with Crippen LogP contribution in [-0.2, 0) is 19.1 Å². The Bertz CT molecular complexity index is 785. The number of aldehydes is 1. The third-order valence-electron chi connectivity index (χ3n) is 7.11. The number of aliphatic hydroxyl groups excluding tert-OH is 2. The molecule has 9 unspecified atom stereocenters. The minimum Gasteiger partial charge on any atom is -0.455 e. The van der Waals surface area contributed by atoms with Crippen molar-refractivity contribution in [2.75, 3.05) is 0 Å². The van der Waals surface area contributed by atoms with Crippen LogP contribution in [0.1, 0.15) is 87.0 Å². The number of esters is 1. The number of aliphatic hydroxyl groups is 3. The third kappa shape index (κ3) is 13.0. The molecule has 1 fully saturated rings. The summed E-state index contributed by atoms with van der Waals surface area (Å²) < 4.78 is 11.1. The second-order valence-electron chi connectivity index (χ2n) is 11.1. The van der Waals surface area contributed by atoms with Crippen molar-refractivity contribution in [2.24, 2.45) is 17.8 Å². The van der Waals surface area contributed by atoms with Gasteiger partial charge in [0.05, 0.1) is 24.4 Å². The van der Waals surface area contributed by atoms with E-state index < -0.39 is 23.8 Å². The summed E-state index contributed by atoms with van der Waals surface area (Å²) in [7, 11) is 0. The molecule has 0 amide bonds. The van der Waals surface area contributed by atoms with Crippen LogP contribution in [0.5, 0.6) is 0 Å². The van der Waals surface area contributed by atoms with Crippen molar-refractivity contribution in [2.45, 2.75) is 123 Å². The quantitative estimate of drug-likeness (QED) is 0.0786. The predicted octanol–water partition coefficient (Wildman–Crippen LogP) is 4.68. The van der Waals surface area contributed by atoms with Gasteiger partial charge >= 0.3 is 5.97 Å². The fraction of sp³-hybridized carbons (Fsp3) is 0.733. The summed E-state index contributed by atoms with van der Waals surface area (Å²) in [6.45, 7) is 13.2. The maximum Gasteiger partial charge on any atom is 0.303 e. The zero-order valence-electron chi connectivity index (χ0n) is 23.8. The molecule has 1 aliphatic rings. The van der Waals surface area contributed by atoms with Crippen LogP contribution in [0.2, 0.25) is 0 Å². The highest BCUT2D eigenvalue weighted by Crippen LogP contribution is 2.36. The van der Waals surface area contributed by atoms with E-state index in [-0.39, 0.29) is 49.4 Å². The van der Waals surface area contributed by atoms with E-state index >= 15 is 0 Å². The van der Waals surface area contributed by atoms with Crippen LogP contribution in [-0.4, -0.2) is 63.7 Å². The van der Waals surface area contributed by atoms with Crippen molar-refractivity contribution in [3.63, 3.8) is 0 Å². The summed E-state index contributed by atoms with van der Waals surface area (Å²) in [5.41, 5.74) is -0.166. The minimum absolute atomic E-state index is 0.0111. The molecular weight excluding hydrogens is 472 g/mol. The monoisotopic (exact) mass is 522 g/mol. The third-order valence-corrected chi connectivity index (χ3v) is 7.11. The zero-order valence-corrected chi connectivity index (χ0v) is 23.8. The van der Waals surface area contributed by atoms with E-state index in [0.29, 0.717) is 12.2 Å². The standard InChI is InChI=1S/C30H50O7/c1-8-26(34)23(5)29-27(37-29)19-21(3)11-9-10-20(2)18-22(4)12-13-28(36-24(6)32)30(7,35)16-14-25(33)15-17-31/h9-13,17,21-23,25-29,33-35H,8,14-16,18-19H2,1-7H3/b11-9+,13-12+,20-10+. The summed E-state index contributed by atoms with van der Waals surface area (Å²) in [5.74, 6) is 0.203. The lowest BCUT2D eigenvalue weighted by Gasteiger charge is -2.31. The van der Waals surface area contributed by atoms with Gasteiger partial charge in [-0.3, -0.25) is 4.79 Å². The average Bonchev–Trinajstić information content (AvgIpc) is 3.58. The highest BCUT2D eigenvalue weighted by atomic mass is 16.6. The van der Waals surface area contributed by atoms with Crippen molar-refractivity contribution in [3.8, 4) is 0 Å². The van der Waals surface area contributed by atoms with Gasteiger partial charge in [0.2, 0.25) is 0 Å². The normalized spacial score (nSPS) is 24.8. The molecule has 37 heavy (non-hydrogen) atoms. The molecule has 7 nitrogen and oxygen atoms in total. The fourth-order valence-corrected chi connectivity index (χ4v) is 4.57. The Labute approximate surface area is 223 Å². The van der Waals surface area contributed by atoms with Gasteiger partial charge in [0.15, 0.2) is 0 Å². The van der Waals surface area contributed by atoms with E-state index in [0.717, 1.165) is 19.3 Å². The Kier molecular flexibility index (Phi) is 14.6. The van der Waals surface area contributed by atoms with Crippen LogP contribution in [0.3, 0.4) is 0 Å². The molecule has 3 N–H and O–H groups in total. The molecule has 212 valence electrons. The van der Waals surface area contributed by atoms with Crippen LogP contribution in [0.4, 0.5) is 0 Å². The maximum atomic E-state index is 11.6. The number of carbonyl (C=O) groups excluding carboxylic acids is 2. The number of hydrogen-bond donors (Lipinski definition) is 3. The Morgan fingerprint density at radius 2 is 1.78 bits per heavy atom. The maximum absolute atomic E-state index is 11.6. The molecule has 0 aromatic heterocycles. The lowest BCUT2D eigenvalue weighted by Crippen LogP contribution is -2.41. The first-order chi connectivity index (χ1) is 17.3. The summed E-state index contributed by atoms with van der Waals surface area (Å²) in [5, 5.41) is 30.7. The van der Waals surface area contributed by atoms with Gasteiger partial charge in [0.1, 0.15) is 18.0 Å². The van der Waals surface area contributed by atoms with Crippen molar-refractivity contribution >= 4 is 12.3 Å². The van der Waals surface area contributed by atoms with Crippen LogP contribution < -0.4 is 0 Å². The molecule has 0 bridgehead atoms. The van der Waals surface area contributed by atoms with Gasteiger partial charge in [0, 0.05) is 19.3 Å². The summed E-state index contributed by atoms with van der Waals surface area (Å²) in [4.78, 5) is 22.2. The first-order valence-corrected chi connectivity index (χ1v) is 13.7. The van der Waals surface area contributed by atoms with Crippen LogP contribution in [0.25, 0.3) is 0 Å². The first kappa shape index (κ1) is 33.2. The molecular formula is C30H50O7. The highest BCUT2D eigenvalue weighted by molar-refractivity contribution is 5.66. The van der Waals surface area contributed by atoms with Crippen LogP contribution in [0, 0.1) is 17.8 Å². The lowest BCUT2D eigenvalue weighted by molar-refractivity contribution is -0.156. The van der Waals surface area contributed by atoms with E-state index in [1.165, 1.54) is 12.5 Å². The van der Waals surface area contributed by atoms with Crippen LogP contribution in [0.15, 0.2) is 36.0 Å². The number of carbonyl (C=O) groups is 2. The number of rotatable bonds is 18. The topological polar surface area (TPSA) is 117 Å². The van der Waals surface area contributed by atoms with E-state index in [2.05, 4.69) is 45.9 Å². The Hall–Kier alpha value is -1.80. The van der Waals surface area contributed by atoms with Crippen molar-refractivity contribution in [1.29, 1.82) is 0 Å². The SMILES string of the molecule is CCC(O)C(C)C1OC1CC(C)/C=C/C=C(\C)CC(C)/C=C/C(OC(C)=O)C(C)(O)CCC(O)CC=O. The first-order valence-electron chi connectivity index (χ1n) is 13.7. The lowest BCUT2D eigenvalue weighted by atomic mass is 9.90. The zero-order chi connectivity index (χ0) is 28.2. The second kappa shape index (κ2) is 16.2. The number of allylic oxidation sites excluding steroid dienone is 5. The van der Waals surface area contributed by atoms with E-state index in [1.54, 1.807) is 13.0 Å². The van der Waals surface area contributed by atoms with Gasteiger partial charge in [0.25, 0.3) is 0 Å². The van der Waals surface area contributed by atoms with Crippen molar-refractivity contribution < 1.29 is 34.4 Å². The molecule has 0 aromatic carbocycles. The summed E-state index contributed by atoms with van der Waals surface area (Å²) >= 11 is 0. The highest BCUT2D eigenvalue weighted by Gasteiger charge is 2.44. The summed E-state index contributed by atoms with van der Waals surface area (Å²) in [6, 6.07) is 0. The van der Waals surface area contributed by atoms with Crippen molar-refractivity contribution in [3.05, 3.63) is 36.0 Å². The largest absolute Gasteiger partial charge is 0.455 e. The molecule has 0 radical (unpaired) electrons. The Morgan fingerprint density at radius 3 is 2.38 bits per heavy atom. The van der Waals surface area contributed by atoms with Gasteiger partial charge in [-0.25, -0.2) is 0 Å². The summed E-state index contributed by atoms with van der Waals surface area (Å²) in [6.07, 6.45) is 12.0. The second-order valence-corrected chi connectivity index (χ2v) is 11.1. The van der Waals surface area contributed by atoms with E-state index in [4.69, 9.17) is 9.47 Å². The fourth-order valence-electron chi connectivity index (χ4n) is 4.57. The minimum atomic E-state index is -1.37. The predicted molar refractivity (Wildman–Crippen MR) is 146 cm³/mol. The van der Waals surface area contributed by atoms with Gasteiger partial charge < -0.3 is 29.6 Å². The molecule has 0 saturated carbocycles. The smallest absolute Gasteiger partial charge is 0.303 e. The van der Waals surface area contributed by atoms with Gasteiger partial charge in [-0.05, 0) is 63.9 Å². The van der Waals surface area contributed by atoms with Crippen molar-refractivity contribution in [1.82, 2.24) is 0 Å². The number of hydrogen-bond acceptors (Lipinski definition) is 7. The number of ether oxygens (including phenoxy) is 2. The molecule has 0 aliphatic carbocycles. The Morgan fingerprint density at radius 1 is 1.11 bits per heavy atom. The van der Waals surface area contributed by atoms with Gasteiger partial charge in [-0.2, -0.15) is 0 Å². The average molecular weight is 523 g/mol. The molecule has 1 rings (SSSR count).